The third-order valence-electron chi connectivity index (χ3n) is 2.47. The quantitative estimate of drug-likeness (QED) is 0.528. The number of methoxy groups -OCH3 is 1. The lowest BCUT2D eigenvalue weighted by atomic mass is 10.1. The molecule has 1 fully saturated rings. The highest BCUT2D eigenvalue weighted by atomic mass is 16.5. The van der Waals surface area contributed by atoms with Crippen LogP contribution in [0.1, 0.15) is 13.3 Å². The molecule has 4 heteroatoms. The standard InChI is InChI=1S/C8H14O4/c1-4-3-5(8(11)12-2)7(10)6(4)9/h4-7,9-10H,3H2,1-2H3/t4-,5+,6+,7-/m1/s1. The van der Waals surface area contributed by atoms with Crippen LogP contribution in [0.3, 0.4) is 0 Å². The monoisotopic (exact) mass is 174 g/mol. The number of esters is 1. The first kappa shape index (κ1) is 9.48. The van der Waals surface area contributed by atoms with E-state index in [0.29, 0.717) is 6.42 Å². The zero-order valence-corrected chi connectivity index (χ0v) is 7.23. The molecular formula is C8H14O4. The first-order valence-corrected chi connectivity index (χ1v) is 4.02. The molecule has 1 aliphatic carbocycles. The van der Waals surface area contributed by atoms with Gasteiger partial charge in [-0.15, -0.1) is 0 Å². The zero-order chi connectivity index (χ0) is 9.30. The van der Waals surface area contributed by atoms with Gasteiger partial charge in [-0.3, -0.25) is 4.79 Å². The maximum absolute atomic E-state index is 11.0. The first-order chi connectivity index (χ1) is 5.57. The molecule has 0 aromatic rings. The predicted molar refractivity (Wildman–Crippen MR) is 41.3 cm³/mol. The van der Waals surface area contributed by atoms with Crippen molar-refractivity contribution in [3.63, 3.8) is 0 Å². The van der Waals surface area contributed by atoms with Crippen molar-refractivity contribution in [1.82, 2.24) is 0 Å². The molecule has 0 aromatic carbocycles. The number of ether oxygens (including phenoxy) is 1. The Morgan fingerprint density at radius 2 is 2.00 bits per heavy atom. The Morgan fingerprint density at radius 1 is 1.42 bits per heavy atom. The van der Waals surface area contributed by atoms with Gasteiger partial charge in [0.2, 0.25) is 0 Å². The lowest BCUT2D eigenvalue weighted by Crippen LogP contribution is -2.31. The van der Waals surface area contributed by atoms with Gasteiger partial charge in [0.25, 0.3) is 0 Å². The molecule has 0 bridgehead atoms. The van der Waals surface area contributed by atoms with Crippen molar-refractivity contribution in [3.8, 4) is 0 Å². The third kappa shape index (κ3) is 1.44. The number of carbonyl (C=O) groups is 1. The second-order valence-electron chi connectivity index (χ2n) is 3.32. The van der Waals surface area contributed by atoms with E-state index in [1.807, 2.05) is 0 Å². The van der Waals surface area contributed by atoms with Crippen LogP contribution in [0, 0.1) is 11.8 Å². The van der Waals surface area contributed by atoms with Crippen LogP contribution in [-0.4, -0.2) is 35.5 Å². The van der Waals surface area contributed by atoms with Crippen LogP contribution in [-0.2, 0) is 9.53 Å². The van der Waals surface area contributed by atoms with Crippen LogP contribution in [0.15, 0.2) is 0 Å². The lowest BCUT2D eigenvalue weighted by Gasteiger charge is -2.13. The van der Waals surface area contributed by atoms with Crippen molar-refractivity contribution >= 4 is 5.97 Å². The Kier molecular flexibility index (Phi) is 2.69. The van der Waals surface area contributed by atoms with E-state index in [9.17, 15) is 15.0 Å². The van der Waals surface area contributed by atoms with Crippen molar-refractivity contribution in [2.24, 2.45) is 11.8 Å². The molecule has 1 aliphatic rings. The highest BCUT2D eigenvalue weighted by Gasteiger charge is 2.43. The molecule has 0 saturated heterocycles. The largest absolute Gasteiger partial charge is 0.469 e. The topological polar surface area (TPSA) is 66.8 Å². The number of aliphatic hydroxyl groups is 2. The summed E-state index contributed by atoms with van der Waals surface area (Å²) in [4.78, 5) is 11.0. The molecule has 0 heterocycles. The highest BCUT2D eigenvalue weighted by Crippen LogP contribution is 2.31. The van der Waals surface area contributed by atoms with Crippen LogP contribution in [0.5, 0.6) is 0 Å². The van der Waals surface area contributed by atoms with Gasteiger partial charge in [-0.2, -0.15) is 0 Å². The summed E-state index contributed by atoms with van der Waals surface area (Å²) in [5.74, 6) is -1.03. The molecule has 2 N–H and O–H groups in total. The van der Waals surface area contributed by atoms with Crippen molar-refractivity contribution in [2.75, 3.05) is 7.11 Å². The molecule has 12 heavy (non-hydrogen) atoms. The molecule has 1 rings (SSSR count). The average molecular weight is 174 g/mol. The number of hydrogen-bond donors (Lipinski definition) is 2. The van der Waals surface area contributed by atoms with Crippen LogP contribution in [0.25, 0.3) is 0 Å². The molecular weight excluding hydrogens is 160 g/mol. The number of rotatable bonds is 1. The maximum Gasteiger partial charge on any atom is 0.311 e. The van der Waals surface area contributed by atoms with Gasteiger partial charge in [-0.25, -0.2) is 0 Å². The van der Waals surface area contributed by atoms with Gasteiger partial charge in [0, 0.05) is 0 Å². The van der Waals surface area contributed by atoms with Crippen molar-refractivity contribution in [2.45, 2.75) is 25.6 Å². The summed E-state index contributed by atoms with van der Waals surface area (Å²) in [6, 6.07) is 0. The molecule has 0 unspecified atom stereocenters. The lowest BCUT2D eigenvalue weighted by molar-refractivity contribution is -0.149. The maximum atomic E-state index is 11.0. The van der Waals surface area contributed by atoms with E-state index in [1.54, 1.807) is 6.92 Å². The minimum atomic E-state index is -0.965. The Hall–Kier alpha value is -0.610. The number of hydrogen-bond acceptors (Lipinski definition) is 4. The summed E-state index contributed by atoms with van der Waals surface area (Å²) >= 11 is 0. The third-order valence-corrected chi connectivity index (χ3v) is 2.47. The van der Waals surface area contributed by atoms with E-state index < -0.39 is 24.1 Å². The molecule has 0 radical (unpaired) electrons. The van der Waals surface area contributed by atoms with Crippen LogP contribution in [0.2, 0.25) is 0 Å². The average Bonchev–Trinajstić information content (AvgIpc) is 2.32. The summed E-state index contributed by atoms with van der Waals surface area (Å²) < 4.78 is 4.49. The Bertz CT molecular complexity index is 180. The molecule has 1 saturated carbocycles. The van der Waals surface area contributed by atoms with Gasteiger partial charge in [-0.1, -0.05) is 6.92 Å². The second kappa shape index (κ2) is 3.41. The molecule has 4 atom stereocenters. The fraction of sp³-hybridized carbons (Fsp3) is 0.875. The Balaban J connectivity index is 2.64. The summed E-state index contributed by atoms with van der Waals surface area (Å²) in [6.45, 7) is 1.80. The Labute approximate surface area is 71.2 Å². The zero-order valence-electron chi connectivity index (χ0n) is 7.23. The molecule has 0 aromatic heterocycles. The van der Waals surface area contributed by atoms with Crippen molar-refractivity contribution < 1.29 is 19.7 Å². The van der Waals surface area contributed by atoms with E-state index in [2.05, 4.69) is 4.74 Å². The van der Waals surface area contributed by atoms with Crippen LogP contribution < -0.4 is 0 Å². The minimum absolute atomic E-state index is 0.0379. The van der Waals surface area contributed by atoms with Crippen molar-refractivity contribution in [1.29, 1.82) is 0 Å². The van der Waals surface area contributed by atoms with Gasteiger partial charge < -0.3 is 14.9 Å². The molecule has 0 amide bonds. The van der Waals surface area contributed by atoms with E-state index in [-0.39, 0.29) is 5.92 Å². The highest BCUT2D eigenvalue weighted by molar-refractivity contribution is 5.73. The van der Waals surface area contributed by atoms with Crippen LogP contribution in [0.4, 0.5) is 0 Å². The van der Waals surface area contributed by atoms with Crippen LogP contribution >= 0.6 is 0 Å². The van der Waals surface area contributed by atoms with Crippen molar-refractivity contribution in [3.05, 3.63) is 0 Å². The summed E-state index contributed by atoms with van der Waals surface area (Å²) in [5, 5.41) is 18.7. The van der Waals surface area contributed by atoms with E-state index in [0.717, 1.165) is 0 Å². The van der Waals surface area contributed by atoms with Gasteiger partial charge in [0.15, 0.2) is 0 Å². The summed E-state index contributed by atoms with van der Waals surface area (Å²) in [6.07, 6.45) is -1.27. The molecule has 70 valence electrons. The summed E-state index contributed by atoms with van der Waals surface area (Å²) in [5.41, 5.74) is 0. The smallest absolute Gasteiger partial charge is 0.311 e. The Morgan fingerprint density at radius 3 is 2.33 bits per heavy atom. The number of aliphatic hydroxyl groups excluding tert-OH is 2. The van der Waals surface area contributed by atoms with E-state index in [4.69, 9.17) is 0 Å². The normalized spacial score (nSPS) is 41.3. The molecule has 4 nitrogen and oxygen atoms in total. The first-order valence-electron chi connectivity index (χ1n) is 4.02. The van der Waals surface area contributed by atoms with E-state index >= 15 is 0 Å². The van der Waals surface area contributed by atoms with Gasteiger partial charge in [-0.05, 0) is 12.3 Å². The van der Waals surface area contributed by atoms with Gasteiger partial charge in [0.05, 0.1) is 25.2 Å². The van der Waals surface area contributed by atoms with Gasteiger partial charge in [0.1, 0.15) is 0 Å². The second-order valence-corrected chi connectivity index (χ2v) is 3.32. The SMILES string of the molecule is COC(=O)[C@H]1C[C@@H](C)[C@H](O)[C@@H]1O. The number of carbonyl (C=O) groups excluding carboxylic acids is 1. The van der Waals surface area contributed by atoms with Gasteiger partial charge >= 0.3 is 5.97 Å². The summed E-state index contributed by atoms with van der Waals surface area (Å²) in [7, 11) is 1.28. The minimum Gasteiger partial charge on any atom is -0.469 e. The van der Waals surface area contributed by atoms with E-state index in [1.165, 1.54) is 7.11 Å². The fourth-order valence-corrected chi connectivity index (χ4v) is 1.64. The molecule has 0 spiro atoms. The predicted octanol–water partition coefficient (Wildman–Crippen LogP) is -0.463. The fourth-order valence-electron chi connectivity index (χ4n) is 1.64. The molecule has 0 aliphatic heterocycles.